The number of pyridine rings is 1. The standard InChI is InChI=1S/C11H9BrN4O4/c1-5-10(12)6(2)15(14-5)9-3-7(11(17)18)8(4-13-9)16(19)20/h3-4H,1-2H3,(H,17,18). The number of carbonyl (C=O) groups is 1. The van der Waals surface area contributed by atoms with Crippen molar-refractivity contribution in [2.75, 3.05) is 0 Å². The number of carboxylic acid groups (broad SMARTS) is 1. The average Bonchev–Trinajstić information content (AvgIpc) is 2.65. The summed E-state index contributed by atoms with van der Waals surface area (Å²) < 4.78 is 2.20. The Morgan fingerprint density at radius 1 is 1.50 bits per heavy atom. The minimum Gasteiger partial charge on any atom is -0.477 e. The number of aromatic carboxylic acids is 1. The Bertz CT molecular complexity index is 725. The zero-order valence-corrected chi connectivity index (χ0v) is 12.1. The molecule has 0 aliphatic heterocycles. The second-order valence-corrected chi connectivity index (χ2v) is 4.81. The lowest BCUT2D eigenvalue weighted by atomic mass is 10.2. The van der Waals surface area contributed by atoms with Gasteiger partial charge in [-0.25, -0.2) is 14.5 Å². The fourth-order valence-corrected chi connectivity index (χ4v) is 1.96. The summed E-state index contributed by atoms with van der Waals surface area (Å²) in [6.07, 6.45) is 0.920. The predicted octanol–water partition coefficient (Wildman–Crippen LogP) is 2.25. The number of hydrogen-bond acceptors (Lipinski definition) is 5. The van der Waals surface area contributed by atoms with Gasteiger partial charge in [0.05, 0.1) is 20.8 Å². The number of carboxylic acids is 1. The van der Waals surface area contributed by atoms with E-state index in [1.807, 2.05) is 0 Å². The maximum atomic E-state index is 11.1. The summed E-state index contributed by atoms with van der Waals surface area (Å²) >= 11 is 3.35. The molecule has 0 spiro atoms. The van der Waals surface area contributed by atoms with E-state index in [2.05, 4.69) is 26.0 Å². The molecule has 2 heterocycles. The van der Waals surface area contributed by atoms with Gasteiger partial charge in [-0.3, -0.25) is 10.1 Å². The van der Waals surface area contributed by atoms with Crippen LogP contribution in [-0.4, -0.2) is 30.8 Å². The molecular formula is C11H9BrN4O4. The van der Waals surface area contributed by atoms with Gasteiger partial charge in [-0.05, 0) is 29.8 Å². The van der Waals surface area contributed by atoms with E-state index in [0.29, 0.717) is 5.69 Å². The molecule has 0 aliphatic carbocycles. The highest BCUT2D eigenvalue weighted by Gasteiger charge is 2.22. The van der Waals surface area contributed by atoms with Crippen molar-refractivity contribution in [1.82, 2.24) is 14.8 Å². The quantitative estimate of drug-likeness (QED) is 0.677. The lowest BCUT2D eigenvalue weighted by Crippen LogP contribution is -2.08. The maximum absolute atomic E-state index is 11.1. The molecule has 20 heavy (non-hydrogen) atoms. The third-order valence-corrected chi connectivity index (χ3v) is 3.86. The van der Waals surface area contributed by atoms with Gasteiger partial charge >= 0.3 is 11.7 Å². The van der Waals surface area contributed by atoms with Crippen LogP contribution in [0.4, 0.5) is 5.69 Å². The highest BCUT2D eigenvalue weighted by Crippen LogP contribution is 2.24. The van der Waals surface area contributed by atoms with Crippen LogP contribution < -0.4 is 0 Å². The number of aromatic nitrogens is 3. The lowest BCUT2D eigenvalue weighted by molar-refractivity contribution is -0.385. The van der Waals surface area contributed by atoms with E-state index >= 15 is 0 Å². The van der Waals surface area contributed by atoms with Gasteiger partial charge in [0.1, 0.15) is 11.8 Å². The van der Waals surface area contributed by atoms with Crippen LogP contribution in [-0.2, 0) is 0 Å². The molecule has 2 aromatic rings. The average molecular weight is 341 g/mol. The topological polar surface area (TPSA) is 111 Å². The molecule has 0 aliphatic rings. The SMILES string of the molecule is Cc1nn(-c2cc(C(=O)O)c([N+](=O)[O-])cn2)c(C)c1Br. The zero-order valence-electron chi connectivity index (χ0n) is 10.5. The second-order valence-electron chi connectivity index (χ2n) is 4.02. The first-order valence-corrected chi connectivity index (χ1v) is 6.22. The van der Waals surface area contributed by atoms with Crippen molar-refractivity contribution in [3.05, 3.63) is 43.8 Å². The number of halogens is 1. The molecule has 0 saturated carbocycles. The van der Waals surface area contributed by atoms with Crippen LogP contribution in [0.15, 0.2) is 16.7 Å². The minimum absolute atomic E-state index is 0.208. The summed E-state index contributed by atoms with van der Waals surface area (Å²) in [6.45, 7) is 3.55. The van der Waals surface area contributed by atoms with Gasteiger partial charge in [0.2, 0.25) is 0 Å². The van der Waals surface area contributed by atoms with E-state index in [-0.39, 0.29) is 5.82 Å². The van der Waals surface area contributed by atoms with E-state index in [1.165, 1.54) is 4.68 Å². The monoisotopic (exact) mass is 340 g/mol. The summed E-state index contributed by atoms with van der Waals surface area (Å²) in [4.78, 5) is 25.0. The Hall–Kier alpha value is -2.29. The Morgan fingerprint density at radius 2 is 2.15 bits per heavy atom. The zero-order chi connectivity index (χ0) is 15.0. The van der Waals surface area contributed by atoms with E-state index in [0.717, 1.165) is 22.4 Å². The summed E-state index contributed by atoms with van der Waals surface area (Å²) in [5, 5.41) is 24.0. The molecule has 2 rings (SSSR count). The van der Waals surface area contributed by atoms with Crippen LogP contribution >= 0.6 is 15.9 Å². The van der Waals surface area contributed by atoms with E-state index in [9.17, 15) is 14.9 Å². The first-order valence-electron chi connectivity index (χ1n) is 5.42. The molecule has 1 N–H and O–H groups in total. The summed E-state index contributed by atoms with van der Waals surface area (Å²) in [7, 11) is 0. The van der Waals surface area contributed by atoms with Crippen LogP contribution in [0.25, 0.3) is 5.82 Å². The largest absolute Gasteiger partial charge is 0.477 e. The normalized spacial score (nSPS) is 10.6. The third kappa shape index (κ3) is 2.27. The lowest BCUT2D eigenvalue weighted by Gasteiger charge is -2.05. The molecule has 0 aromatic carbocycles. The van der Waals surface area contributed by atoms with Gasteiger partial charge in [0.15, 0.2) is 5.82 Å². The maximum Gasteiger partial charge on any atom is 0.342 e. The first kappa shape index (κ1) is 14.1. The van der Waals surface area contributed by atoms with Gasteiger partial charge in [0.25, 0.3) is 0 Å². The Balaban J connectivity index is 2.65. The van der Waals surface area contributed by atoms with E-state index in [4.69, 9.17) is 5.11 Å². The van der Waals surface area contributed by atoms with Crippen molar-refractivity contribution in [2.45, 2.75) is 13.8 Å². The molecular weight excluding hydrogens is 332 g/mol. The van der Waals surface area contributed by atoms with Crippen LogP contribution in [0.3, 0.4) is 0 Å². The fraction of sp³-hybridized carbons (Fsp3) is 0.182. The van der Waals surface area contributed by atoms with E-state index in [1.54, 1.807) is 13.8 Å². The van der Waals surface area contributed by atoms with Crippen molar-refractivity contribution in [3.63, 3.8) is 0 Å². The number of aryl methyl sites for hydroxylation is 1. The van der Waals surface area contributed by atoms with E-state index < -0.39 is 22.1 Å². The number of nitrogens with zero attached hydrogens (tertiary/aromatic N) is 4. The van der Waals surface area contributed by atoms with Crippen LogP contribution in [0.5, 0.6) is 0 Å². The molecule has 0 saturated heterocycles. The Morgan fingerprint density at radius 3 is 2.60 bits per heavy atom. The molecule has 0 unspecified atom stereocenters. The number of rotatable bonds is 3. The van der Waals surface area contributed by atoms with Gasteiger partial charge < -0.3 is 5.11 Å². The Labute approximate surface area is 121 Å². The third-order valence-electron chi connectivity index (χ3n) is 2.72. The highest BCUT2D eigenvalue weighted by molar-refractivity contribution is 9.10. The molecule has 0 amide bonds. The minimum atomic E-state index is -1.39. The summed E-state index contributed by atoms with van der Waals surface area (Å²) in [5.74, 6) is -1.18. The van der Waals surface area contributed by atoms with Gasteiger partial charge in [-0.1, -0.05) is 0 Å². The summed E-state index contributed by atoms with van der Waals surface area (Å²) in [5.41, 5.74) is 0.449. The van der Waals surface area contributed by atoms with Gasteiger partial charge in [-0.15, -0.1) is 0 Å². The molecule has 9 heteroatoms. The summed E-state index contributed by atoms with van der Waals surface area (Å²) in [6, 6.07) is 1.13. The molecule has 8 nitrogen and oxygen atoms in total. The smallest absolute Gasteiger partial charge is 0.342 e. The van der Waals surface area contributed by atoms with Crippen molar-refractivity contribution < 1.29 is 14.8 Å². The van der Waals surface area contributed by atoms with Crippen molar-refractivity contribution in [3.8, 4) is 5.82 Å². The molecule has 0 atom stereocenters. The van der Waals surface area contributed by atoms with Crippen LogP contribution in [0.1, 0.15) is 21.7 Å². The van der Waals surface area contributed by atoms with Crippen LogP contribution in [0.2, 0.25) is 0 Å². The van der Waals surface area contributed by atoms with Crippen molar-refractivity contribution >= 4 is 27.6 Å². The van der Waals surface area contributed by atoms with Gasteiger partial charge in [-0.2, -0.15) is 5.10 Å². The number of hydrogen-bond donors (Lipinski definition) is 1. The van der Waals surface area contributed by atoms with Crippen molar-refractivity contribution in [2.24, 2.45) is 0 Å². The Kier molecular flexibility index (Phi) is 3.53. The first-order chi connectivity index (χ1) is 9.32. The molecule has 0 bridgehead atoms. The second kappa shape index (κ2) is 5.00. The van der Waals surface area contributed by atoms with Crippen molar-refractivity contribution in [1.29, 1.82) is 0 Å². The molecule has 104 valence electrons. The molecule has 2 aromatic heterocycles. The van der Waals surface area contributed by atoms with Gasteiger partial charge in [0, 0.05) is 6.07 Å². The van der Waals surface area contributed by atoms with Crippen LogP contribution in [0, 0.1) is 24.0 Å². The molecule has 0 radical (unpaired) electrons. The highest BCUT2D eigenvalue weighted by atomic mass is 79.9. The fourth-order valence-electron chi connectivity index (χ4n) is 1.72. The molecule has 0 fully saturated rings. The number of nitro groups is 1. The predicted molar refractivity (Wildman–Crippen MR) is 72.1 cm³/mol.